The van der Waals surface area contributed by atoms with Gasteiger partial charge in [-0.25, -0.2) is 0 Å². The number of imidazole rings is 1. The van der Waals surface area contributed by atoms with Crippen LogP contribution in [0.5, 0.6) is 0 Å². The molecule has 0 spiro atoms. The van der Waals surface area contributed by atoms with Gasteiger partial charge in [0.2, 0.25) is 0 Å². The van der Waals surface area contributed by atoms with E-state index >= 15 is 0 Å². The second-order valence-corrected chi connectivity index (χ2v) is 10.3. The average molecular weight is 357 g/mol. The predicted octanol–water partition coefficient (Wildman–Crippen LogP) is 5.16. The van der Waals surface area contributed by atoms with Crippen molar-refractivity contribution in [3.63, 3.8) is 0 Å². The molecular formula is C18H34N2Se. The van der Waals surface area contributed by atoms with Crippen molar-refractivity contribution in [3.05, 3.63) is 16.7 Å². The van der Waals surface area contributed by atoms with Crippen molar-refractivity contribution in [3.8, 4) is 0 Å². The van der Waals surface area contributed by atoms with E-state index in [0.29, 0.717) is 16.9 Å². The number of hydrogen-bond acceptors (Lipinski definition) is 0. The summed E-state index contributed by atoms with van der Waals surface area (Å²) in [5.74, 6) is 0. The first-order chi connectivity index (χ1) is 9.23. The number of aromatic nitrogens is 2. The van der Waals surface area contributed by atoms with Crippen molar-refractivity contribution in [2.75, 3.05) is 0 Å². The average Bonchev–Trinajstić information content (AvgIpc) is 2.53. The summed E-state index contributed by atoms with van der Waals surface area (Å²) >= 11 is 3.30. The number of nitrogens with zero attached hydrogens (tertiary/aromatic N) is 2. The summed E-state index contributed by atoms with van der Waals surface area (Å²) in [4.78, 5) is 0. The molecular weight excluding hydrogens is 323 g/mol. The van der Waals surface area contributed by atoms with E-state index in [1.165, 1.54) is 10.7 Å². The minimum absolute atomic E-state index is 0.117. The molecule has 0 saturated heterocycles. The summed E-state index contributed by atoms with van der Waals surface area (Å²) in [5.41, 5.74) is 0.787. The van der Waals surface area contributed by atoms with Crippen molar-refractivity contribution in [2.24, 2.45) is 10.8 Å². The molecule has 2 nitrogen and oxygen atoms in total. The van der Waals surface area contributed by atoms with Crippen molar-refractivity contribution in [1.82, 2.24) is 9.13 Å². The summed E-state index contributed by atoms with van der Waals surface area (Å²) in [6.45, 7) is 20.8. The zero-order valence-corrected chi connectivity index (χ0v) is 17.2. The Morgan fingerprint density at radius 3 is 1.90 bits per heavy atom. The van der Waals surface area contributed by atoms with Gasteiger partial charge in [-0.1, -0.05) is 0 Å². The van der Waals surface area contributed by atoms with Gasteiger partial charge < -0.3 is 0 Å². The minimum atomic E-state index is 0.117. The van der Waals surface area contributed by atoms with E-state index in [1.54, 1.807) is 0 Å². The Morgan fingerprint density at radius 1 is 0.952 bits per heavy atom. The fourth-order valence-corrected chi connectivity index (χ4v) is 4.71. The van der Waals surface area contributed by atoms with Crippen LogP contribution >= 0.6 is 0 Å². The molecule has 0 saturated carbocycles. The summed E-state index contributed by atoms with van der Waals surface area (Å²) < 4.78 is 6.02. The van der Waals surface area contributed by atoms with E-state index in [1.807, 2.05) is 0 Å². The monoisotopic (exact) mass is 358 g/mol. The summed E-state index contributed by atoms with van der Waals surface area (Å²) in [6.07, 6.45) is 6.79. The Balaban J connectivity index is 3.07. The molecule has 122 valence electrons. The number of rotatable bonds is 4. The third-order valence-corrected chi connectivity index (χ3v) is 4.66. The van der Waals surface area contributed by atoms with Crippen LogP contribution in [-0.2, 0) is 5.54 Å². The predicted molar refractivity (Wildman–Crippen MR) is 93.6 cm³/mol. The second kappa shape index (κ2) is 6.08. The first kappa shape index (κ1) is 18.8. The molecule has 0 aliphatic rings. The van der Waals surface area contributed by atoms with Gasteiger partial charge in [-0.05, 0) is 0 Å². The maximum atomic E-state index is 3.30. The molecule has 21 heavy (non-hydrogen) atoms. The van der Waals surface area contributed by atoms with E-state index in [-0.39, 0.29) is 5.54 Å². The van der Waals surface area contributed by atoms with Crippen LogP contribution in [0.1, 0.15) is 81.2 Å². The summed E-state index contributed by atoms with van der Waals surface area (Å²) in [7, 11) is 0. The molecule has 0 amide bonds. The molecule has 1 heterocycles. The van der Waals surface area contributed by atoms with Gasteiger partial charge in [-0.2, -0.15) is 0 Å². The topological polar surface area (TPSA) is 9.86 Å². The molecule has 0 fully saturated rings. The quantitative estimate of drug-likeness (QED) is 0.659. The van der Waals surface area contributed by atoms with Crippen LogP contribution in [0.25, 0.3) is 0 Å². The zero-order chi connectivity index (χ0) is 16.6. The van der Waals surface area contributed by atoms with Gasteiger partial charge in [0.05, 0.1) is 0 Å². The first-order valence-corrected chi connectivity index (χ1v) is 8.89. The fourth-order valence-electron chi connectivity index (χ4n) is 3.55. The van der Waals surface area contributed by atoms with Crippen molar-refractivity contribution < 1.29 is 0 Å². The van der Waals surface area contributed by atoms with Gasteiger partial charge >= 0.3 is 139 Å². The van der Waals surface area contributed by atoms with Crippen LogP contribution in [0, 0.1) is 15.2 Å². The molecule has 0 bridgehead atoms. The van der Waals surface area contributed by atoms with Crippen molar-refractivity contribution in [1.29, 1.82) is 0 Å². The van der Waals surface area contributed by atoms with Crippen LogP contribution < -0.4 is 0 Å². The van der Waals surface area contributed by atoms with Gasteiger partial charge in [-0.3, -0.25) is 0 Å². The molecule has 1 atom stereocenters. The van der Waals surface area contributed by atoms with Crippen LogP contribution in [0.3, 0.4) is 0 Å². The maximum absolute atomic E-state index is 3.30. The van der Waals surface area contributed by atoms with Crippen molar-refractivity contribution >= 4 is 15.6 Å². The Bertz CT molecular complexity index is 521. The van der Waals surface area contributed by atoms with Crippen LogP contribution in [0.15, 0.2) is 12.4 Å². The Kier molecular flexibility index (Phi) is 5.44. The molecule has 0 radical (unpaired) electrons. The summed E-state index contributed by atoms with van der Waals surface area (Å²) in [5, 5.41) is 0. The van der Waals surface area contributed by atoms with E-state index in [9.17, 15) is 0 Å². The molecule has 0 aliphatic carbocycles. The number of hydrogen-bond donors (Lipinski definition) is 0. The fraction of sp³-hybridized carbons (Fsp3) is 0.833. The molecule has 0 aliphatic heterocycles. The normalized spacial score (nSPS) is 15.3. The van der Waals surface area contributed by atoms with Gasteiger partial charge in [0.25, 0.3) is 0 Å². The van der Waals surface area contributed by atoms with Gasteiger partial charge in [-0.15, -0.1) is 0 Å². The van der Waals surface area contributed by atoms with Gasteiger partial charge in [0.15, 0.2) is 0 Å². The summed E-state index contributed by atoms with van der Waals surface area (Å²) in [6, 6.07) is 0.507. The molecule has 1 unspecified atom stereocenters. The second-order valence-electron chi connectivity index (χ2n) is 9.52. The molecule has 0 N–H and O–H groups in total. The third kappa shape index (κ3) is 5.45. The zero-order valence-electron chi connectivity index (χ0n) is 15.4. The molecule has 3 heteroatoms. The Labute approximate surface area is 139 Å². The van der Waals surface area contributed by atoms with E-state index in [4.69, 9.17) is 0 Å². The molecule has 1 rings (SSSR count). The van der Waals surface area contributed by atoms with Crippen molar-refractivity contribution in [2.45, 2.75) is 86.7 Å². The standard InChI is InChI=1S/C18H34N2Se/c1-14(12-16(2,3)4)19-10-11-20(15(19)21)18(8,9)13-17(5,6)7/h10-11,14H,12-13H2,1-9H3. The third-order valence-electron chi connectivity index (χ3n) is 3.80. The van der Waals surface area contributed by atoms with Gasteiger partial charge in [0, 0.05) is 0 Å². The Hall–Kier alpha value is -0.271. The Morgan fingerprint density at radius 2 is 1.48 bits per heavy atom. The van der Waals surface area contributed by atoms with Gasteiger partial charge in [0.1, 0.15) is 0 Å². The van der Waals surface area contributed by atoms with E-state index < -0.39 is 0 Å². The van der Waals surface area contributed by atoms with Crippen LogP contribution in [0.4, 0.5) is 0 Å². The van der Waals surface area contributed by atoms with Crippen LogP contribution in [0.2, 0.25) is 0 Å². The molecule has 1 aromatic heterocycles. The van der Waals surface area contributed by atoms with Crippen LogP contribution in [-0.4, -0.2) is 24.7 Å². The van der Waals surface area contributed by atoms with E-state index in [2.05, 4.69) is 99.4 Å². The molecule has 1 aromatic rings. The first-order valence-electron chi connectivity index (χ1n) is 8.03. The van der Waals surface area contributed by atoms with E-state index in [0.717, 1.165) is 6.42 Å². The molecule has 0 aromatic carbocycles. The SMILES string of the molecule is CC(CC(C)(C)C)n1ccn(C(C)(C)CC(C)(C)C)c1=[Se].